The van der Waals surface area contributed by atoms with E-state index >= 15 is 0 Å². The van der Waals surface area contributed by atoms with Crippen LogP contribution in [0.5, 0.6) is 0 Å². The molecule has 3 heteroatoms. The molecule has 0 bridgehead atoms. The molecular formula is C11H16O3. The molecule has 0 heterocycles. The van der Waals surface area contributed by atoms with Crippen LogP contribution in [-0.4, -0.2) is 23.1 Å². The molecule has 0 aliphatic heterocycles. The summed E-state index contributed by atoms with van der Waals surface area (Å²) in [5.41, 5.74) is 1.04. The van der Waals surface area contributed by atoms with Gasteiger partial charge in [-0.05, 0) is 12.0 Å². The van der Waals surface area contributed by atoms with Gasteiger partial charge in [-0.1, -0.05) is 30.3 Å². The van der Waals surface area contributed by atoms with Crippen molar-refractivity contribution in [2.24, 2.45) is 0 Å². The summed E-state index contributed by atoms with van der Waals surface area (Å²) >= 11 is 0. The minimum absolute atomic E-state index is 0.0890. The van der Waals surface area contributed by atoms with E-state index in [1.165, 1.54) is 0 Å². The highest BCUT2D eigenvalue weighted by molar-refractivity contribution is 5.13. The van der Waals surface area contributed by atoms with Gasteiger partial charge >= 0.3 is 0 Å². The maximum absolute atomic E-state index is 9.31. The lowest BCUT2D eigenvalue weighted by Gasteiger charge is -2.10. The summed E-state index contributed by atoms with van der Waals surface area (Å²) in [6, 6.07) is 9.68. The van der Waals surface area contributed by atoms with Gasteiger partial charge in [-0.2, -0.15) is 0 Å². The Kier molecular flexibility index (Phi) is 5.22. The number of benzene rings is 1. The number of ether oxygens (including phenoxy) is 1. The molecule has 0 fully saturated rings. The third-order valence-electron chi connectivity index (χ3n) is 1.89. The Bertz CT molecular complexity index is 236. The van der Waals surface area contributed by atoms with E-state index in [2.05, 4.69) is 0 Å². The predicted molar refractivity (Wildman–Crippen MR) is 53.6 cm³/mol. The Morgan fingerprint density at radius 1 is 1.21 bits per heavy atom. The second kappa shape index (κ2) is 6.54. The van der Waals surface area contributed by atoms with Gasteiger partial charge in [0.05, 0.1) is 6.61 Å². The molecule has 0 radical (unpaired) electrons. The van der Waals surface area contributed by atoms with E-state index in [4.69, 9.17) is 9.84 Å². The van der Waals surface area contributed by atoms with Crippen LogP contribution in [0.2, 0.25) is 0 Å². The van der Waals surface area contributed by atoms with E-state index in [9.17, 15) is 5.11 Å². The number of hydrogen-bond acceptors (Lipinski definition) is 3. The van der Waals surface area contributed by atoms with Gasteiger partial charge in [0.1, 0.15) is 0 Å². The van der Waals surface area contributed by atoms with Crippen LogP contribution in [-0.2, 0) is 11.3 Å². The highest BCUT2D eigenvalue weighted by Gasteiger charge is 2.03. The molecule has 0 amide bonds. The Hall–Kier alpha value is -0.900. The minimum Gasteiger partial charge on any atom is -0.396 e. The van der Waals surface area contributed by atoms with Gasteiger partial charge in [0, 0.05) is 13.0 Å². The van der Waals surface area contributed by atoms with Crippen LogP contribution in [0.15, 0.2) is 30.3 Å². The summed E-state index contributed by atoms with van der Waals surface area (Å²) in [7, 11) is 0. The predicted octanol–water partition coefficient (Wildman–Crippen LogP) is 1.29. The molecule has 2 N–H and O–H groups in total. The van der Waals surface area contributed by atoms with E-state index in [1.807, 2.05) is 30.3 Å². The van der Waals surface area contributed by atoms with Crippen molar-refractivity contribution >= 4 is 0 Å². The zero-order valence-corrected chi connectivity index (χ0v) is 8.10. The fourth-order valence-electron chi connectivity index (χ4n) is 1.12. The van der Waals surface area contributed by atoms with Crippen molar-refractivity contribution in [2.45, 2.75) is 25.7 Å². The molecular weight excluding hydrogens is 180 g/mol. The van der Waals surface area contributed by atoms with Crippen molar-refractivity contribution < 1.29 is 14.9 Å². The largest absolute Gasteiger partial charge is 0.396 e. The Balaban J connectivity index is 2.20. The maximum Gasteiger partial charge on any atom is 0.155 e. The summed E-state index contributed by atoms with van der Waals surface area (Å²) in [6.45, 7) is 0.499. The lowest BCUT2D eigenvalue weighted by atomic mass is 10.2. The fraction of sp³-hybridized carbons (Fsp3) is 0.455. The second-order valence-corrected chi connectivity index (χ2v) is 3.12. The van der Waals surface area contributed by atoms with Crippen LogP contribution in [0.1, 0.15) is 18.4 Å². The van der Waals surface area contributed by atoms with E-state index in [-0.39, 0.29) is 6.61 Å². The van der Waals surface area contributed by atoms with Gasteiger partial charge in [-0.3, -0.25) is 0 Å². The quantitative estimate of drug-likeness (QED) is 0.674. The highest BCUT2D eigenvalue weighted by atomic mass is 16.6. The van der Waals surface area contributed by atoms with Crippen molar-refractivity contribution in [3.63, 3.8) is 0 Å². The Labute approximate surface area is 84.0 Å². The van der Waals surface area contributed by atoms with E-state index in [0.717, 1.165) is 5.56 Å². The molecule has 78 valence electrons. The van der Waals surface area contributed by atoms with Gasteiger partial charge in [0.2, 0.25) is 0 Å². The molecule has 14 heavy (non-hydrogen) atoms. The molecule has 0 saturated heterocycles. The summed E-state index contributed by atoms with van der Waals surface area (Å²) in [6.07, 6.45) is 0.265. The molecule has 0 aliphatic carbocycles. The molecule has 0 unspecified atom stereocenters. The number of aliphatic hydroxyl groups excluding tert-OH is 2. The SMILES string of the molecule is OCCC[C@H](O)OCc1ccccc1. The zero-order valence-electron chi connectivity index (χ0n) is 8.10. The van der Waals surface area contributed by atoms with Crippen molar-refractivity contribution in [3.05, 3.63) is 35.9 Å². The molecule has 0 aliphatic rings. The van der Waals surface area contributed by atoms with Crippen LogP contribution in [0, 0.1) is 0 Å². The molecule has 0 aromatic heterocycles. The third-order valence-corrected chi connectivity index (χ3v) is 1.89. The highest BCUT2D eigenvalue weighted by Crippen LogP contribution is 2.05. The van der Waals surface area contributed by atoms with Crippen molar-refractivity contribution in [3.8, 4) is 0 Å². The van der Waals surface area contributed by atoms with Crippen LogP contribution in [0.4, 0.5) is 0 Å². The minimum atomic E-state index is -0.776. The lowest BCUT2D eigenvalue weighted by Crippen LogP contribution is -2.12. The van der Waals surface area contributed by atoms with Crippen molar-refractivity contribution in [1.82, 2.24) is 0 Å². The third kappa shape index (κ3) is 4.37. The van der Waals surface area contributed by atoms with Gasteiger partial charge in [-0.15, -0.1) is 0 Å². The average Bonchev–Trinajstić information content (AvgIpc) is 2.25. The summed E-state index contributed by atoms with van der Waals surface area (Å²) in [5, 5.41) is 17.8. The standard InChI is InChI=1S/C11H16O3/c12-8-4-7-11(13)14-9-10-5-2-1-3-6-10/h1-3,5-6,11-13H,4,7-9H2/t11-/m1/s1. The molecule has 3 nitrogen and oxygen atoms in total. The topological polar surface area (TPSA) is 49.7 Å². The molecule has 1 aromatic carbocycles. The number of rotatable bonds is 6. The van der Waals surface area contributed by atoms with Gasteiger partial charge in [0.15, 0.2) is 6.29 Å². The van der Waals surface area contributed by atoms with Gasteiger partial charge < -0.3 is 14.9 Å². The number of hydrogen-bond donors (Lipinski definition) is 2. The molecule has 1 atom stereocenters. The lowest BCUT2D eigenvalue weighted by molar-refractivity contribution is -0.113. The van der Waals surface area contributed by atoms with E-state index in [1.54, 1.807) is 0 Å². The maximum atomic E-state index is 9.31. The van der Waals surface area contributed by atoms with E-state index in [0.29, 0.717) is 19.4 Å². The van der Waals surface area contributed by atoms with Crippen LogP contribution in [0.25, 0.3) is 0 Å². The van der Waals surface area contributed by atoms with Crippen molar-refractivity contribution in [1.29, 1.82) is 0 Å². The van der Waals surface area contributed by atoms with Crippen LogP contribution < -0.4 is 0 Å². The molecule has 0 spiro atoms. The van der Waals surface area contributed by atoms with Crippen molar-refractivity contribution in [2.75, 3.05) is 6.61 Å². The molecule has 1 rings (SSSR count). The summed E-state index contributed by atoms with van der Waals surface area (Å²) < 4.78 is 5.17. The van der Waals surface area contributed by atoms with Gasteiger partial charge in [-0.25, -0.2) is 0 Å². The normalized spacial score (nSPS) is 12.7. The molecule has 1 aromatic rings. The summed E-state index contributed by atoms with van der Waals surface area (Å²) in [5.74, 6) is 0. The fourth-order valence-corrected chi connectivity index (χ4v) is 1.12. The first kappa shape index (κ1) is 11.2. The average molecular weight is 196 g/mol. The first-order valence-corrected chi connectivity index (χ1v) is 4.77. The zero-order chi connectivity index (χ0) is 10.2. The Morgan fingerprint density at radius 3 is 2.57 bits per heavy atom. The molecule has 0 saturated carbocycles. The van der Waals surface area contributed by atoms with Crippen LogP contribution in [0.3, 0.4) is 0 Å². The summed E-state index contributed by atoms with van der Waals surface area (Å²) in [4.78, 5) is 0. The first-order valence-electron chi connectivity index (χ1n) is 4.77. The number of aliphatic hydroxyl groups is 2. The van der Waals surface area contributed by atoms with Gasteiger partial charge in [0.25, 0.3) is 0 Å². The Morgan fingerprint density at radius 2 is 1.93 bits per heavy atom. The van der Waals surface area contributed by atoms with E-state index < -0.39 is 6.29 Å². The smallest absolute Gasteiger partial charge is 0.155 e. The monoisotopic (exact) mass is 196 g/mol. The second-order valence-electron chi connectivity index (χ2n) is 3.12. The first-order chi connectivity index (χ1) is 6.83. The van der Waals surface area contributed by atoms with Crippen LogP contribution >= 0.6 is 0 Å².